The highest BCUT2D eigenvalue weighted by Crippen LogP contribution is 2.74. The molecule has 4 fully saturated rings. The molecule has 2 N–H and O–H groups in total. The Hall–Kier alpha value is -5.04. The van der Waals surface area contributed by atoms with E-state index in [-0.39, 0.29) is 30.8 Å². The maximum Gasteiger partial charge on any atom is 0.333 e. The molecule has 1 saturated heterocycles. The Bertz CT molecular complexity index is 2520. The number of ketones is 1. The fourth-order valence-corrected chi connectivity index (χ4v) is 11.5. The van der Waals surface area contributed by atoms with E-state index in [0.717, 1.165) is 51.9 Å². The largest absolute Gasteiger partial charge is 0.491 e. The van der Waals surface area contributed by atoms with Crippen molar-refractivity contribution < 1.29 is 38.4 Å². The third-order valence-corrected chi connectivity index (χ3v) is 14.1. The predicted molar refractivity (Wildman–Crippen MR) is 238 cm³/mol. The number of allylic oxidation sites excluding steroid dienone is 4. The molecule has 3 aliphatic carbocycles. The summed E-state index contributed by atoms with van der Waals surface area (Å²) < 4.78 is 36.7. The minimum absolute atomic E-state index is 0.0120. The fraction of sp³-hybridized carbons (Fsp3) is 0.520. The number of aliphatic hydroxyl groups excluding tert-OH is 1. The molecule has 328 valence electrons. The third kappa shape index (κ3) is 6.25. The van der Waals surface area contributed by atoms with Gasteiger partial charge in [-0.1, -0.05) is 41.5 Å². The van der Waals surface area contributed by atoms with Gasteiger partial charge in [0.25, 0.3) is 0 Å². The van der Waals surface area contributed by atoms with Crippen LogP contribution in [0.3, 0.4) is 0 Å². The first-order chi connectivity index (χ1) is 29.6. The van der Waals surface area contributed by atoms with Gasteiger partial charge in [-0.05, 0) is 105 Å². The number of carbonyl (C=O) groups is 2. The van der Waals surface area contributed by atoms with Gasteiger partial charge in [-0.3, -0.25) is 4.79 Å². The Labute approximate surface area is 364 Å². The normalized spacial score (nSPS) is 29.1. The molecular formula is C50H60N4O8. The lowest BCUT2D eigenvalue weighted by molar-refractivity contribution is -0.206. The Kier molecular flexibility index (Phi) is 10.5. The number of rotatable bonds is 14. The van der Waals surface area contributed by atoms with Gasteiger partial charge >= 0.3 is 5.97 Å². The van der Waals surface area contributed by atoms with Crippen LogP contribution in [0.5, 0.6) is 17.2 Å². The van der Waals surface area contributed by atoms with Gasteiger partial charge in [0.15, 0.2) is 17.0 Å². The van der Waals surface area contributed by atoms with E-state index in [0.29, 0.717) is 61.3 Å². The quantitative estimate of drug-likeness (QED) is 0.0708. The molecule has 62 heavy (non-hydrogen) atoms. The summed E-state index contributed by atoms with van der Waals surface area (Å²) in [6, 6.07) is 7.62. The lowest BCUT2D eigenvalue weighted by Crippen LogP contribution is -2.79. The van der Waals surface area contributed by atoms with Gasteiger partial charge in [0, 0.05) is 42.5 Å². The molecule has 12 heteroatoms. The number of Topliss-reactive ketones (excluding diaryl/α,β-unsaturated/α-hetero) is 1. The third-order valence-electron chi connectivity index (χ3n) is 14.1. The van der Waals surface area contributed by atoms with Gasteiger partial charge in [0.1, 0.15) is 29.5 Å². The summed E-state index contributed by atoms with van der Waals surface area (Å²) in [5.74, 6) is 0.692. The lowest BCUT2D eigenvalue weighted by Gasteiger charge is -2.64. The van der Waals surface area contributed by atoms with Crippen molar-refractivity contribution in [2.45, 2.75) is 116 Å². The zero-order chi connectivity index (χ0) is 43.9. The number of hydrogen-bond donors (Lipinski definition) is 2. The highest BCUT2D eigenvalue weighted by Gasteiger charge is 2.85. The number of esters is 1. The van der Waals surface area contributed by atoms with E-state index in [4.69, 9.17) is 33.7 Å². The Morgan fingerprint density at radius 2 is 1.81 bits per heavy atom. The van der Waals surface area contributed by atoms with Crippen molar-refractivity contribution in [2.24, 2.45) is 22.7 Å². The number of fused-ring (bicyclic) bond motifs is 6. The Morgan fingerprint density at radius 3 is 2.55 bits per heavy atom. The number of ether oxygens (including phenoxy) is 5. The maximum atomic E-state index is 15.8. The van der Waals surface area contributed by atoms with E-state index in [2.05, 4.69) is 88.7 Å². The first-order valence-corrected chi connectivity index (χ1v) is 22.2. The molecule has 12 nitrogen and oxygen atoms in total. The highest BCUT2D eigenvalue weighted by molar-refractivity contribution is 6.15. The van der Waals surface area contributed by atoms with Gasteiger partial charge in [-0.25, -0.2) is 14.8 Å². The summed E-state index contributed by atoms with van der Waals surface area (Å²) >= 11 is 0. The monoisotopic (exact) mass is 844 g/mol. The van der Waals surface area contributed by atoms with Crippen LogP contribution >= 0.6 is 0 Å². The van der Waals surface area contributed by atoms with E-state index in [9.17, 15) is 9.90 Å². The van der Waals surface area contributed by atoms with Crippen LogP contribution in [0.1, 0.15) is 104 Å². The number of aliphatic hydroxyl groups is 1. The van der Waals surface area contributed by atoms with Crippen molar-refractivity contribution in [1.29, 1.82) is 0 Å². The number of hydrogen-bond acceptors (Lipinski definition) is 11. The van der Waals surface area contributed by atoms with Crippen molar-refractivity contribution in [2.75, 3.05) is 33.4 Å². The van der Waals surface area contributed by atoms with E-state index in [1.54, 1.807) is 13.0 Å². The number of para-hydroxylation sites is 2. The second-order valence-electron chi connectivity index (χ2n) is 19.1. The number of nitrogens with one attached hydrogen (secondary N) is 1. The predicted octanol–water partition coefficient (Wildman–Crippen LogP) is 8.12. The number of carbonyl (C=O) groups excluding carboxylic acids is 2. The van der Waals surface area contributed by atoms with Crippen LogP contribution in [-0.2, 0) is 25.5 Å². The molecule has 2 aromatic carbocycles. The minimum Gasteiger partial charge on any atom is -0.491 e. The van der Waals surface area contributed by atoms with Crippen LogP contribution in [-0.4, -0.2) is 87.9 Å². The van der Waals surface area contributed by atoms with Crippen molar-refractivity contribution in [1.82, 2.24) is 14.9 Å². The van der Waals surface area contributed by atoms with Gasteiger partial charge < -0.3 is 38.7 Å². The van der Waals surface area contributed by atoms with Crippen LogP contribution < -0.4 is 19.5 Å². The lowest BCUT2D eigenvalue weighted by atomic mass is 9.44. The van der Waals surface area contributed by atoms with Gasteiger partial charge in [-0.2, -0.15) is 0 Å². The average Bonchev–Trinajstić information content (AvgIpc) is 3.67. The molecule has 7 atom stereocenters. The second-order valence-corrected chi connectivity index (χ2v) is 19.1. The van der Waals surface area contributed by atoms with Crippen LogP contribution in [0.25, 0.3) is 17.1 Å². The summed E-state index contributed by atoms with van der Waals surface area (Å²) in [6.45, 7) is 17.6. The van der Waals surface area contributed by atoms with Crippen LogP contribution in [0, 0.1) is 17.8 Å². The summed E-state index contributed by atoms with van der Waals surface area (Å²) in [4.78, 5) is 39.4. The fourth-order valence-electron chi connectivity index (χ4n) is 11.5. The molecular weight excluding hydrogens is 785 g/mol. The van der Waals surface area contributed by atoms with Crippen molar-refractivity contribution in [3.8, 4) is 17.2 Å². The zero-order valence-corrected chi connectivity index (χ0v) is 37.5. The number of methoxy groups -OCH3 is 1. The first-order valence-electron chi connectivity index (χ1n) is 22.2. The molecule has 0 radical (unpaired) electrons. The average molecular weight is 845 g/mol. The molecule has 0 amide bonds. The van der Waals surface area contributed by atoms with Gasteiger partial charge in [0.2, 0.25) is 5.95 Å². The standard InChI is InChI=1S/C50H60N4O8/c1-28(2)13-12-20-48(8)21-19-32-41(60-48)31(17-16-29(3)4)43-37(42(32)59-26-24-51-23-25-55)39-38-40(54-35-15-11-10-14-34(35)52-46(54)53-39)33-27-36-47(6,7)62-49(44(33)56,50(36,38)61-43)22-18-30(5)45(57)58-9/h10-11,13-16,18-19,21,33,36,38,40,51,55H,12,17,20,22-27H2,1-9H3. The molecule has 3 aromatic rings. The van der Waals surface area contributed by atoms with Crippen LogP contribution in [0.15, 0.2) is 70.3 Å². The molecule has 10 rings (SSSR count). The molecule has 3 saturated carbocycles. The van der Waals surface area contributed by atoms with Crippen LogP contribution in [0.4, 0.5) is 5.95 Å². The number of benzene rings is 2. The van der Waals surface area contributed by atoms with E-state index in [1.165, 1.54) is 12.7 Å². The topological polar surface area (TPSA) is 143 Å². The maximum absolute atomic E-state index is 15.8. The first kappa shape index (κ1) is 42.3. The summed E-state index contributed by atoms with van der Waals surface area (Å²) in [5.41, 5.74) is 3.45. The molecule has 1 spiro atoms. The number of aromatic nitrogens is 2. The van der Waals surface area contributed by atoms with E-state index in [1.807, 2.05) is 18.2 Å². The molecule has 1 aromatic heterocycles. The minimum atomic E-state index is -1.48. The Balaban J connectivity index is 1.36. The van der Waals surface area contributed by atoms with E-state index >= 15 is 4.79 Å². The SMILES string of the molecule is COC(=O)C(C)=CCC12OC(C)(C)C3CC(C1=O)C1C4C(=Nc5nc6ccccc6n51)c1c(OCCNCCO)c5c(c(CC=C(C)C)c1OC432)OC(C)(CCC=C(C)C)C=C5. The van der Waals surface area contributed by atoms with Crippen molar-refractivity contribution >= 4 is 40.5 Å². The second kappa shape index (κ2) is 15.3. The molecule has 4 aliphatic heterocycles. The van der Waals surface area contributed by atoms with Crippen molar-refractivity contribution in [3.63, 3.8) is 0 Å². The van der Waals surface area contributed by atoms with Gasteiger partial charge in [-0.15, -0.1) is 0 Å². The highest BCUT2D eigenvalue weighted by atomic mass is 16.6. The smallest absolute Gasteiger partial charge is 0.333 e. The molecule has 5 heterocycles. The van der Waals surface area contributed by atoms with E-state index < -0.39 is 40.2 Å². The van der Waals surface area contributed by atoms with Crippen molar-refractivity contribution in [3.05, 3.63) is 82.0 Å². The van der Waals surface area contributed by atoms with Gasteiger partial charge in [0.05, 0.1) is 59.1 Å². The number of aliphatic imine (C=N–C) groups is 1. The number of imidazole rings is 1. The Morgan fingerprint density at radius 1 is 1.03 bits per heavy atom. The molecule has 4 bridgehead atoms. The summed E-state index contributed by atoms with van der Waals surface area (Å²) in [6.07, 6.45) is 13.2. The summed E-state index contributed by atoms with van der Waals surface area (Å²) in [5, 5.41) is 12.8. The van der Waals surface area contributed by atoms with Crippen LogP contribution in [0.2, 0.25) is 0 Å². The summed E-state index contributed by atoms with van der Waals surface area (Å²) in [7, 11) is 1.36. The molecule has 7 aliphatic rings. The number of nitrogens with zero attached hydrogens (tertiary/aromatic N) is 3. The zero-order valence-electron chi connectivity index (χ0n) is 37.5. The molecule has 7 unspecified atom stereocenters.